The Labute approximate surface area is 99.8 Å². The molecule has 2 rings (SSSR count). The molecule has 92 valence electrons. The van der Waals surface area contributed by atoms with Gasteiger partial charge in [0.1, 0.15) is 0 Å². The molecule has 0 spiro atoms. The third-order valence-corrected chi connectivity index (χ3v) is 3.10. The van der Waals surface area contributed by atoms with Crippen molar-refractivity contribution in [2.24, 2.45) is 0 Å². The largest absolute Gasteiger partial charge is 0.399 e. The second-order valence-corrected chi connectivity index (χ2v) is 4.65. The highest BCUT2D eigenvalue weighted by Crippen LogP contribution is 2.30. The predicted molar refractivity (Wildman–Crippen MR) is 66.4 cm³/mol. The fourth-order valence-electron chi connectivity index (χ4n) is 1.92. The van der Waals surface area contributed by atoms with Gasteiger partial charge in [-0.15, -0.1) is 0 Å². The number of aliphatic hydroxyl groups is 1. The number of hydrogen-bond acceptors (Lipinski definition) is 4. The number of benzene rings is 1. The molecule has 5 heteroatoms. The van der Waals surface area contributed by atoms with Crippen molar-refractivity contribution in [2.45, 2.75) is 24.9 Å². The lowest BCUT2D eigenvalue weighted by Gasteiger charge is -2.36. The summed E-state index contributed by atoms with van der Waals surface area (Å²) in [5.74, 6) is -0.260. The number of amides is 1. The predicted octanol–water partition coefficient (Wildman–Crippen LogP) is 0.496. The number of hydrogen-bond donors (Lipinski definition) is 4. The fraction of sp³-hybridized carbons (Fsp3) is 0.417. The quantitative estimate of drug-likeness (QED) is 0.573. The van der Waals surface area contributed by atoms with Crippen LogP contribution in [0.2, 0.25) is 0 Å². The molecule has 0 bridgehead atoms. The molecule has 5 nitrogen and oxygen atoms in total. The van der Waals surface area contributed by atoms with E-state index in [-0.39, 0.29) is 12.5 Å². The van der Waals surface area contributed by atoms with Gasteiger partial charge in [-0.2, -0.15) is 0 Å². The van der Waals surface area contributed by atoms with Gasteiger partial charge in [-0.05, 0) is 37.5 Å². The molecule has 0 aliphatic heterocycles. The Morgan fingerprint density at radius 2 is 1.88 bits per heavy atom. The molecule has 1 amide bonds. The number of nitrogens with one attached hydrogen (secondary N) is 1. The average molecular weight is 235 g/mol. The maximum atomic E-state index is 11.8. The summed E-state index contributed by atoms with van der Waals surface area (Å²) in [7, 11) is 0. The van der Waals surface area contributed by atoms with Crippen LogP contribution >= 0.6 is 0 Å². The third-order valence-electron chi connectivity index (χ3n) is 3.10. The van der Waals surface area contributed by atoms with Crippen molar-refractivity contribution in [3.8, 4) is 0 Å². The van der Waals surface area contributed by atoms with Gasteiger partial charge in [0, 0.05) is 23.5 Å². The van der Waals surface area contributed by atoms with Gasteiger partial charge < -0.3 is 21.9 Å². The van der Waals surface area contributed by atoms with Crippen LogP contribution < -0.4 is 16.8 Å². The van der Waals surface area contributed by atoms with Crippen LogP contribution in [0, 0.1) is 0 Å². The van der Waals surface area contributed by atoms with Gasteiger partial charge in [0.25, 0.3) is 5.91 Å². The maximum Gasteiger partial charge on any atom is 0.251 e. The minimum absolute atomic E-state index is 0.260. The SMILES string of the molecule is Nc1cc(N)cc(C(=O)NCC2(O)CCC2)c1. The van der Waals surface area contributed by atoms with Gasteiger partial charge in [0.2, 0.25) is 0 Å². The molecule has 1 aliphatic carbocycles. The number of anilines is 2. The smallest absolute Gasteiger partial charge is 0.251 e. The standard InChI is InChI=1S/C12H17N3O2/c13-9-4-8(5-10(14)6-9)11(16)15-7-12(17)2-1-3-12/h4-6,17H,1-3,7,13-14H2,(H,15,16). The van der Waals surface area contributed by atoms with E-state index in [0.717, 1.165) is 19.3 Å². The van der Waals surface area contributed by atoms with Crippen molar-refractivity contribution < 1.29 is 9.90 Å². The molecule has 1 aromatic carbocycles. The monoisotopic (exact) mass is 235 g/mol. The van der Waals surface area contributed by atoms with Gasteiger partial charge in [-0.1, -0.05) is 0 Å². The summed E-state index contributed by atoms with van der Waals surface area (Å²) in [6.07, 6.45) is 2.50. The lowest BCUT2D eigenvalue weighted by molar-refractivity contribution is -0.0300. The zero-order valence-corrected chi connectivity index (χ0v) is 9.57. The summed E-state index contributed by atoms with van der Waals surface area (Å²) in [6, 6.07) is 4.73. The summed E-state index contributed by atoms with van der Waals surface area (Å²) in [5.41, 5.74) is 11.8. The first-order valence-corrected chi connectivity index (χ1v) is 5.65. The van der Waals surface area contributed by atoms with Gasteiger partial charge >= 0.3 is 0 Å². The zero-order chi connectivity index (χ0) is 12.5. The van der Waals surface area contributed by atoms with Crippen LogP contribution in [0.5, 0.6) is 0 Å². The molecule has 0 radical (unpaired) electrons. The van der Waals surface area contributed by atoms with Crippen molar-refractivity contribution in [1.29, 1.82) is 0 Å². The molecule has 0 saturated heterocycles. The second-order valence-electron chi connectivity index (χ2n) is 4.65. The van der Waals surface area contributed by atoms with Gasteiger partial charge in [0.15, 0.2) is 0 Å². The first-order valence-electron chi connectivity index (χ1n) is 5.65. The van der Waals surface area contributed by atoms with E-state index in [1.54, 1.807) is 18.2 Å². The lowest BCUT2D eigenvalue weighted by atomic mass is 9.80. The molecule has 1 fully saturated rings. The minimum Gasteiger partial charge on any atom is -0.399 e. The topological polar surface area (TPSA) is 101 Å². The van der Waals surface area contributed by atoms with Crippen molar-refractivity contribution in [3.63, 3.8) is 0 Å². The highest BCUT2D eigenvalue weighted by Gasteiger charge is 2.34. The highest BCUT2D eigenvalue weighted by atomic mass is 16.3. The van der Waals surface area contributed by atoms with Crippen LogP contribution in [-0.4, -0.2) is 23.2 Å². The van der Waals surface area contributed by atoms with Gasteiger partial charge in [-0.3, -0.25) is 4.79 Å². The van der Waals surface area contributed by atoms with E-state index in [0.29, 0.717) is 16.9 Å². The van der Waals surface area contributed by atoms with Crippen LogP contribution in [0.3, 0.4) is 0 Å². The Morgan fingerprint density at radius 3 is 2.35 bits per heavy atom. The zero-order valence-electron chi connectivity index (χ0n) is 9.57. The van der Waals surface area contributed by atoms with Crippen molar-refractivity contribution in [1.82, 2.24) is 5.32 Å². The highest BCUT2D eigenvalue weighted by molar-refractivity contribution is 5.96. The second kappa shape index (κ2) is 4.25. The number of nitrogens with two attached hydrogens (primary N) is 2. The van der Waals surface area contributed by atoms with E-state index in [4.69, 9.17) is 11.5 Å². The Balaban J connectivity index is 1.99. The molecule has 17 heavy (non-hydrogen) atoms. The van der Waals surface area contributed by atoms with Crippen LogP contribution in [0.15, 0.2) is 18.2 Å². The molecular formula is C12H17N3O2. The number of carbonyl (C=O) groups excluding carboxylic acids is 1. The van der Waals surface area contributed by atoms with Crippen molar-refractivity contribution in [3.05, 3.63) is 23.8 Å². The van der Waals surface area contributed by atoms with E-state index < -0.39 is 5.60 Å². The van der Waals surface area contributed by atoms with E-state index in [1.807, 2.05) is 0 Å². The molecule has 1 saturated carbocycles. The molecule has 0 atom stereocenters. The summed E-state index contributed by atoms with van der Waals surface area (Å²) in [4.78, 5) is 11.8. The number of rotatable bonds is 3. The first kappa shape index (κ1) is 11.7. The Kier molecular flexibility index (Phi) is 2.93. The Hall–Kier alpha value is -1.75. The molecule has 0 heterocycles. The molecule has 0 aromatic heterocycles. The van der Waals surface area contributed by atoms with Crippen LogP contribution in [0.4, 0.5) is 11.4 Å². The van der Waals surface area contributed by atoms with E-state index in [9.17, 15) is 9.90 Å². The molecule has 6 N–H and O–H groups in total. The fourth-order valence-corrected chi connectivity index (χ4v) is 1.92. The third kappa shape index (κ3) is 2.68. The van der Waals surface area contributed by atoms with Crippen LogP contribution in [0.25, 0.3) is 0 Å². The normalized spacial score (nSPS) is 17.2. The summed E-state index contributed by atoms with van der Waals surface area (Å²) < 4.78 is 0. The Bertz CT molecular complexity index is 421. The summed E-state index contributed by atoms with van der Waals surface area (Å²) in [5, 5.41) is 12.5. The average Bonchev–Trinajstić information content (AvgIpc) is 2.22. The van der Waals surface area contributed by atoms with Crippen molar-refractivity contribution >= 4 is 17.3 Å². The Morgan fingerprint density at radius 1 is 1.29 bits per heavy atom. The molecule has 1 aromatic rings. The van der Waals surface area contributed by atoms with Crippen molar-refractivity contribution in [2.75, 3.05) is 18.0 Å². The molecule has 1 aliphatic rings. The van der Waals surface area contributed by atoms with Gasteiger partial charge in [0.05, 0.1) is 5.60 Å². The van der Waals surface area contributed by atoms with Gasteiger partial charge in [-0.25, -0.2) is 0 Å². The van der Waals surface area contributed by atoms with E-state index in [1.165, 1.54) is 0 Å². The van der Waals surface area contributed by atoms with E-state index in [2.05, 4.69) is 5.32 Å². The lowest BCUT2D eigenvalue weighted by Crippen LogP contribution is -2.47. The van der Waals surface area contributed by atoms with Crippen LogP contribution in [-0.2, 0) is 0 Å². The maximum absolute atomic E-state index is 11.8. The number of carbonyl (C=O) groups is 1. The minimum atomic E-state index is -0.721. The summed E-state index contributed by atoms with van der Waals surface area (Å²) in [6.45, 7) is 0.278. The first-order chi connectivity index (χ1) is 7.98. The number of nitrogen functional groups attached to an aromatic ring is 2. The van der Waals surface area contributed by atoms with E-state index >= 15 is 0 Å². The van der Waals surface area contributed by atoms with Crippen LogP contribution in [0.1, 0.15) is 29.6 Å². The summed E-state index contributed by atoms with van der Waals surface area (Å²) >= 11 is 0. The molecule has 0 unspecified atom stereocenters. The molecular weight excluding hydrogens is 218 g/mol.